The van der Waals surface area contributed by atoms with Crippen molar-refractivity contribution < 1.29 is 4.79 Å². The third-order valence-corrected chi connectivity index (χ3v) is 1.22. The van der Waals surface area contributed by atoms with Gasteiger partial charge in [-0.15, -0.1) is 0 Å². The molecule has 0 unspecified atom stereocenters. The Balaban J connectivity index is 4.19. The molecule has 0 amide bonds. The average molecular weight is 132 g/mol. The molecule has 0 radical (unpaired) electrons. The van der Waals surface area contributed by atoms with Gasteiger partial charge in [0, 0.05) is 13.8 Å². The number of nitrogens with zero attached hydrogens (tertiary/aromatic N) is 1. The number of carbonyl (C=O) groups is 1. The predicted octanol–water partition coefficient (Wildman–Crippen LogP) is 1.45. The van der Waals surface area contributed by atoms with Crippen LogP contribution in [0.1, 0.15) is 13.8 Å². The second-order valence-corrected chi connectivity index (χ2v) is 2.29. The molecule has 0 aromatic heterocycles. The topological polar surface area (TPSA) is 21.4 Å². The Labute approximate surface area is 53.3 Å². The van der Waals surface area contributed by atoms with Gasteiger partial charge in [0.2, 0.25) is 0 Å². The molecule has 0 bridgehead atoms. The molecule has 0 aliphatic carbocycles. The van der Waals surface area contributed by atoms with Crippen LogP contribution in [0.15, 0.2) is 0 Å². The maximum absolute atomic E-state index is 10.2. The second kappa shape index (κ2) is 2.15. The third kappa shape index (κ3) is 1.51. The summed E-state index contributed by atoms with van der Waals surface area (Å²) in [5.41, 5.74) is -1.04. The molecule has 0 heterocycles. The number of rotatable bonds is 1. The van der Waals surface area contributed by atoms with Crippen molar-refractivity contribution in [3.8, 4) is 0 Å². The zero-order valence-corrected chi connectivity index (χ0v) is 5.49. The van der Waals surface area contributed by atoms with E-state index in [0.717, 1.165) is 0 Å². The maximum atomic E-state index is 10.2. The van der Waals surface area contributed by atoms with Crippen LogP contribution in [0.25, 0.3) is 4.85 Å². The number of carbonyl (C=O) groups excluding carboxylic acids is 1. The second-order valence-electron chi connectivity index (χ2n) is 1.94. The van der Waals surface area contributed by atoms with Crippen molar-refractivity contribution in [1.82, 2.24) is 0 Å². The van der Waals surface area contributed by atoms with Crippen molar-refractivity contribution in [3.05, 3.63) is 11.4 Å². The Morgan fingerprint density at radius 3 is 2.12 bits per heavy atom. The van der Waals surface area contributed by atoms with E-state index in [1.807, 2.05) is 0 Å². The lowest BCUT2D eigenvalue weighted by Gasteiger charge is -2.00. The first-order valence-corrected chi connectivity index (χ1v) is 2.47. The van der Waals surface area contributed by atoms with E-state index in [1.54, 1.807) is 0 Å². The van der Waals surface area contributed by atoms with E-state index in [-0.39, 0.29) is 0 Å². The van der Waals surface area contributed by atoms with Gasteiger partial charge in [-0.1, -0.05) is 0 Å². The number of hydrogen-bond acceptors (Lipinski definition) is 1. The first-order chi connectivity index (χ1) is 3.50. The van der Waals surface area contributed by atoms with Crippen LogP contribution in [0.2, 0.25) is 0 Å². The molecular weight excluding hydrogens is 126 g/mol. The Hall–Kier alpha value is -0.550. The van der Waals surface area contributed by atoms with Gasteiger partial charge in [0.05, 0.1) is 0 Å². The molecule has 0 rings (SSSR count). The van der Waals surface area contributed by atoms with Crippen LogP contribution >= 0.6 is 11.6 Å². The van der Waals surface area contributed by atoms with Crippen LogP contribution in [0.4, 0.5) is 0 Å². The lowest BCUT2D eigenvalue weighted by molar-refractivity contribution is -0.114. The van der Waals surface area contributed by atoms with E-state index in [4.69, 9.17) is 18.2 Å². The van der Waals surface area contributed by atoms with Gasteiger partial charge < -0.3 is 4.85 Å². The molecule has 0 aliphatic heterocycles. The van der Waals surface area contributed by atoms with Crippen molar-refractivity contribution in [2.24, 2.45) is 0 Å². The lowest BCUT2D eigenvalue weighted by atomic mass is 10.1. The molecule has 8 heavy (non-hydrogen) atoms. The Bertz CT molecular complexity index is 145. The van der Waals surface area contributed by atoms with Gasteiger partial charge in [-0.3, -0.25) is 4.79 Å². The molecule has 0 saturated heterocycles. The van der Waals surface area contributed by atoms with Gasteiger partial charge in [0.1, 0.15) is 0 Å². The quantitative estimate of drug-likeness (QED) is 0.390. The summed E-state index contributed by atoms with van der Waals surface area (Å²) in [6.45, 7) is 9.42. The standard InChI is InChI=1S/C5H6ClNO/c1-5(2,7-3)4(6)8/h1-2H3. The highest BCUT2D eigenvalue weighted by atomic mass is 35.5. The van der Waals surface area contributed by atoms with Gasteiger partial charge in [-0.25, -0.2) is 6.57 Å². The Morgan fingerprint density at radius 2 is 2.12 bits per heavy atom. The molecule has 0 N–H and O–H groups in total. The van der Waals surface area contributed by atoms with Crippen molar-refractivity contribution in [2.75, 3.05) is 0 Å². The van der Waals surface area contributed by atoms with E-state index in [9.17, 15) is 4.79 Å². The zero-order chi connectivity index (χ0) is 6.78. The molecule has 44 valence electrons. The number of halogens is 1. The van der Waals surface area contributed by atoms with Crippen LogP contribution in [0.5, 0.6) is 0 Å². The third-order valence-electron chi connectivity index (χ3n) is 0.761. The molecule has 0 fully saturated rings. The molecule has 0 aromatic carbocycles. The largest absolute Gasteiger partial charge is 0.306 e. The normalized spacial score (nSPS) is 10.2. The molecule has 0 aromatic rings. The van der Waals surface area contributed by atoms with E-state index < -0.39 is 10.8 Å². The molecular formula is C5H6ClNO. The van der Waals surface area contributed by atoms with E-state index in [2.05, 4.69) is 4.85 Å². The summed E-state index contributed by atoms with van der Waals surface area (Å²) < 4.78 is 0. The molecule has 0 atom stereocenters. The van der Waals surface area contributed by atoms with Crippen molar-refractivity contribution in [1.29, 1.82) is 0 Å². The summed E-state index contributed by atoms with van der Waals surface area (Å²) in [7, 11) is 0. The molecule has 0 aliphatic rings. The summed E-state index contributed by atoms with van der Waals surface area (Å²) in [5.74, 6) is 0. The SMILES string of the molecule is [C-]#[N+]C(C)(C)C(=O)Cl. The lowest BCUT2D eigenvalue weighted by Crippen LogP contribution is -2.21. The Kier molecular flexibility index (Phi) is 2.00. The fourth-order valence-electron chi connectivity index (χ4n) is 0.0440. The van der Waals surface area contributed by atoms with E-state index in [0.29, 0.717) is 0 Å². The summed E-state index contributed by atoms with van der Waals surface area (Å²) in [4.78, 5) is 13.2. The molecule has 0 spiro atoms. The van der Waals surface area contributed by atoms with Gasteiger partial charge in [0.25, 0.3) is 5.54 Å². The van der Waals surface area contributed by atoms with Gasteiger partial charge in [-0.05, 0) is 11.6 Å². The van der Waals surface area contributed by atoms with Crippen molar-refractivity contribution in [2.45, 2.75) is 19.4 Å². The summed E-state index contributed by atoms with van der Waals surface area (Å²) in [5, 5.41) is -0.604. The minimum Gasteiger partial charge on any atom is -0.301 e. The smallest absolute Gasteiger partial charge is 0.301 e. The van der Waals surface area contributed by atoms with Crippen LogP contribution in [0, 0.1) is 6.57 Å². The number of hydrogen-bond donors (Lipinski definition) is 0. The first kappa shape index (κ1) is 7.45. The van der Waals surface area contributed by atoms with E-state index >= 15 is 0 Å². The molecule has 3 heteroatoms. The fraction of sp³-hybridized carbons (Fsp3) is 0.600. The Morgan fingerprint density at radius 1 is 1.75 bits per heavy atom. The van der Waals surface area contributed by atoms with Crippen LogP contribution in [-0.2, 0) is 4.79 Å². The molecule has 0 saturated carbocycles. The van der Waals surface area contributed by atoms with Gasteiger partial charge in [0.15, 0.2) is 0 Å². The zero-order valence-electron chi connectivity index (χ0n) is 4.73. The van der Waals surface area contributed by atoms with Crippen LogP contribution in [0.3, 0.4) is 0 Å². The van der Waals surface area contributed by atoms with Crippen LogP contribution < -0.4 is 0 Å². The highest BCUT2D eigenvalue weighted by Gasteiger charge is 2.31. The van der Waals surface area contributed by atoms with Crippen LogP contribution in [-0.4, -0.2) is 10.8 Å². The first-order valence-electron chi connectivity index (χ1n) is 2.09. The summed E-state index contributed by atoms with van der Waals surface area (Å²) in [6, 6.07) is 0. The maximum Gasteiger partial charge on any atom is 0.306 e. The predicted molar refractivity (Wildman–Crippen MR) is 31.5 cm³/mol. The summed E-state index contributed by atoms with van der Waals surface area (Å²) in [6.07, 6.45) is 0. The monoisotopic (exact) mass is 131 g/mol. The van der Waals surface area contributed by atoms with Crippen molar-refractivity contribution >= 4 is 16.8 Å². The fourth-order valence-corrected chi connectivity index (χ4v) is 0.0862. The van der Waals surface area contributed by atoms with E-state index in [1.165, 1.54) is 13.8 Å². The van der Waals surface area contributed by atoms with Gasteiger partial charge >= 0.3 is 5.24 Å². The minimum atomic E-state index is -1.04. The highest BCUT2D eigenvalue weighted by Crippen LogP contribution is 2.11. The van der Waals surface area contributed by atoms with Gasteiger partial charge in [-0.2, -0.15) is 0 Å². The molecule has 2 nitrogen and oxygen atoms in total. The summed E-state index contributed by atoms with van der Waals surface area (Å²) >= 11 is 5.02. The average Bonchev–Trinajstić information content (AvgIpc) is 1.67. The highest BCUT2D eigenvalue weighted by molar-refractivity contribution is 6.65. The van der Waals surface area contributed by atoms with Crippen molar-refractivity contribution in [3.63, 3.8) is 0 Å². The minimum absolute atomic E-state index is 0.604.